The Kier molecular flexibility index (Phi) is 5.35. The Labute approximate surface area is 209 Å². The summed E-state index contributed by atoms with van der Waals surface area (Å²) in [5.74, 6) is 4.07. The first-order valence-electron chi connectivity index (χ1n) is 13.7. The topological polar surface area (TPSA) is 35.5 Å². The molecule has 1 heterocycles. The molecule has 3 nitrogen and oxygen atoms in total. The lowest BCUT2D eigenvalue weighted by Gasteiger charge is -2.32. The molecule has 3 aromatic rings. The van der Waals surface area contributed by atoms with Crippen molar-refractivity contribution in [3.63, 3.8) is 0 Å². The molecule has 0 spiro atoms. The van der Waals surface area contributed by atoms with Crippen molar-refractivity contribution >= 4 is 11.4 Å². The number of aliphatic hydroxyl groups excluding tert-OH is 1. The van der Waals surface area contributed by atoms with Gasteiger partial charge in [-0.15, -0.1) is 0 Å². The molecule has 35 heavy (non-hydrogen) atoms. The Balaban J connectivity index is 0.988. The lowest BCUT2D eigenvalue weighted by molar-refractivity contribution is 0.282. The van der Waals surface area contributed by atoms with E-state index in [0.717, 1.165) is 60.0 Å². The van der Waals surface area contributed by atoms with Crippen LogP contribution in [-0.2, 0) is 19.6 Å². The molecule has 3 saturated carbocycles. The van der Waals surface area contributed by atoms with Gasteiger partial charge in [0.2, 0.25) is 0 Å². The number of hydrogen-bond donors (Lipinski definition) is 2. The van der Waals surface area contributed by atoms with Crippen molar-refractivity contribution < 1.29 is 5.11 Å². The van der Waals surface area contributed by atoms with E-state index in [1.807, 2.05) is 12.1 Å². The molecular weight excluding hydrogens is 428 g/mol. The molecule has 6 atom stereocenters. The molecule has 7 rings (SSSR count). The highest BCUT2D eigenvalue weighted by Crippen LogP contribution is 2.64. The zero-order valence-corrected chi connectivity index (χ0v) is 20.4. The van der Waals surface area contributed by atoms with Gasteiger partial charge < -0.3 is 15.3 Å². The number of nitrogens with zero attached hydrogens (tertiary/aromatic N) is 1. The summed E-state index contributed by atoms with van der Waals surface area (Å²) in [5, 5.41) is 12.7. The molecule has 0 amide bonds. The van der Waals surface area contributed by atoms with Crippen molar-refractivity contribution in [1.82, 2.24) is 0 Å². The molecule has 0 bridgehead atoms. The summed E-state index contributed by atoms with van der Waals surface area (Å²) < 4.78 is 0. The average molecular weight is 465 g/mol. The number of hydrogen-bond acceptors (Lipinski definition) is 3. The number of benzene rings is 3. The third kappa shape index (κ3) is 3.76. The fraction of sp³-hybridized carbons (Fsp3) is 0.438. The van der Waals surface area contributed by atoms with E-state index in [-0.39, 0.29) is 6.61 Å². The highest BCUT2D eigenvalue weighted by Gasteiger charge is 2.62. The van der Waals surface area contributed by atoms with E-state index >= 15 is 0 Å². The van der Waals surface area contributed by atoms with E-state index in [4.69, 9.17) is 0 Å². The minimum absolute atomic E-state index is 0.0962. The predicted molar refractivity (Wildman–Crippen MR) is 142 cm³/mol. The largest absolute Gasteiger partial charge is 0.392 e. The highest BCUT2D eigenvalue weighted by molar-refractivity contribution is 5.54. The minimum atomic E-state index is 0.0962. The van der Waals surface area contributed by atoms with Gasteiger partial charge in [0.25, 0.3) is 0 Å². The fourth-order valence-electron chi connectivity index (χ4n) is 8.25. The van der Waals surface area contributed by atoms with Gasteiger partial charge in [-0.2, -0.15) is 0 Å². The molecule has 2 N–H and O–H groups in total. The summed E-state index contributed by atoms with van der Waals surface area (Å²) in [6.45, 7) is 0.882. The Hall–Kier alpha value is -2.78. The summed E-state index contributed by atoms with van der Waals surface area (Å²) >= 11 is 0. The molecule has 4 aliphatic rings. The van der Waals surface area contributed by atoms with Gasteiger partial charge in [-0.05, 0) is 109 Å². The van der Waals surface area contributed by atoms with Gasteiger partial charge >= 0.3 is 0 Å². The summed E-state index contributed by atoms with van der Waals surface area (Å²) in [4.78, 5) is 2.87. The van der Waals surface area contributed by atoms with E-state index in [9.17, 15) is 5.11 Å². The number of rotatable bonds is 7. The molecule has 3 heteroatoms. The second kappa shape index (κ2) is 8.71. The molecule has 0 aromatic heterocycles. The summed E-state index contributed by atoms with van der Waals surface area (Å²) in [6.07, 6.45) is 8.32. The van der Waals surface area contributed by atoms with Crippen LogP contribution < -0.4 is 10.2 Å². The van der Waals surface area contributed by atoms with E-state index < -0.39 is 0 Å². The monoisotopic (exact) mass is 464 g/mol. The lowest BCUT2D eigenvalue weighted by atomic mass is 9.90. The standard InChI is InChI=1S/C32H36N2O/c35-20-24-3-1-23(2-4-24)19-33-27-11-5-21(6-12-27)17-22-7-13-28(14-8-22)34-29-15-9-25-18-26-10-16-30(34)32(26)31(25)29/h1-8,11-14,25-26,29-33,35H,9-10,15-20H2/t25-,26+,29?,30?,31+,32-. The van der Waals surface area contributed by atoms with Crippen molar-refractivity contribution in [2.45, 2.75) is 63.8 Å². The summed E-state index contributed by atoms with van der Waals surface area (Å²) in [6, 6.07) is 28.1. The molecule has 0 radical (unpaired) electrons. The highest BCUT2D eigenvalue weighted by atomic mass is 16.3. The van der Waals surface area contributed by atoms with Crippen LogP contribution in [0.1, 0.15) is 54.4 Å². The normalized spacial score (nSPS) is 30.1. The maximum absolute atomic E-state index is 9.19. The van der Waals surface area contributed by atoms with Crippen LogP contribution >= 0.6 is 0 Å². The average Bonchev–Trinajstić information content (AvgIpc) is 3.65. The molecule has 4 fully saturated rings. The van der Waals surface area contributed by atoms with Gasteiger partial charge in [-0.1, -0.05) is 48.5 Å². The summed E-state index contributed by atoms with van der Waals surface area (Å²) in [5.41, 5.74) is 7.53. The zero-order valence-electron chi connectivity index (χ0n) is 20.4. The summed E-state index contributed by atoms with van der Waals surface area (Å²) in [7, 11) is 0. The van der Waals surface area contributed by atoms with Crippen molar-refractivity contribution in [3.05, 3.63) is 95.1 Å². The van der Waals surface area contributed by atoms with Crippen molar-refractivity contribution in [3.8, 4) is 0 Å². The Morgan fingerprint density at radius 1 is 0.657 bits per heavy atom. The van der Waals surface area contributed by atoms with E-state index in [1.165, 1.54) is 48.1 Å². The molecule has 2 unspecified atom stereocenters. The zero-order chi connectivity index (χ0) is 23.4. The number of aliphatic hydroxyl groups is 1. The van der Waals surface area contributed by atoms with Gasteiger partial charge in [0.05, 0.1) is 6.61 Å². The first-order valence-corrected chi connectivity index (χ1v) is 13.7. The van der Waals surface area contributed by atoms with Gasteiger partial charge in [-0.3, -0.25) is 0 Å². The van der Waals surface area contributed by atoms with Crippen LogP contribution in [0.25, 0.3) is 0 Å². The van der Waals surface area contributed by atoms with Crippen LogP contribution in [0, 0.1) is 23.7 Å². The predicted octanol–water partition coefficient (Wildman–Crippen LogP) is 6.40. The Morgan fingerprint density at radius 2 is 1.20 bits per heavy atom. The Morgan fingerprint density at radius 3 is 1.80 bits per heavy atom. The molecule has 1 saturated heterocycles. The molecule has 1 aliphatic heterocycles. The van der Waals surface area contributed by atoms with E-state index in [0.29, 0.717) is 0 Å². The van der Waals surface area contributed by atoms with E-state index in [2.05, 4.69) is 70.9 Å². The number of anilines is 2. The molecule has 3 aliphatic carbocycles. The van der Waals surface area contributed by atoms with Crippen LogP contribution in [0.3, 0.4) is 0 Å². The van der Waals surface area contributed by atoms with Gasteiger partial charge in [0, 0.05) is 30.0 Å². The second-order valence-electron chi connectivity index (χ2n) is 11.5. The fourth-order valence-corrected chi connectivity index (χ4v) is 8.25. The first kappa shape index (κ1) is 21.5. The van der Waals surface area contributed by atoms with Crippen LogP contribution in [-0.4, -0.2) is 17.2 Å². The third-order valence-electron chi connectivity index (χ3n) is 9.71. The van der Waals surface area contributed by atoms with Gasteiger partial charge in [0.15, 0.2) is 0 Å². The lowest BCUT2D eigenvalue weighted by Crippen LogP contribution is -2.36. The van der Waals surface area contributed by atoms with Crippen LogP contribution in [0.15, 0.2) is 72.8 Å². The van der Waals surface area contributed by atoms with Crippen molar-refractivity contribution in [2.75, 3.05) is 10.2 Å². The molecule has 180 valence electrons. The molecule has 3 aromatic carbocycles. The van der Waals surface area contributed by atoms with Crippen molar-refractivity contribution in [2.24, 2.45) is 23.7 Å². The van der Waals surface area contributed by atoms with E-state index in [1.54, 1.807) is 6.42 Å². The van der Waals surface area contributed by atoms with Crippen molar-refractivity contribution in [1.29, 1.82) is 0 Å². The first-order chi connectivity index (χ1) is 17.3. The Bertz CT molecular complexity index is 1150. The van der Waals surface area contributed by atoms with Crippen LogP contribution in [0.2, 0.25) is 0 Å². The van der Waals surface area contributed by atoms with Crippen LogP contribution in [0.4, 0.5) is 11.4 Å². The maximum atomic E-state index is 9.19. The number of nitrogens with one attached hydrogen (secondary N) is 1. The second-order valence-corrected chi connectivity index (χ2v) is 11.5. The smallest absolute Gasteiger partial charge is 0.0681 e. The minimum Gasteiger partial charge on any atom is -0.392 e. The van der Waals surface area contributed by atoms with Gasteiger partial charge in [-0.25, -0.2) is 0 Å². The third-order valence-corrected chi connectivity index (χ3v) is 9.71. The van der Waals surface area contributed by atoms with Crippen LogP contribution in [0.5, 0.6) is 0 Å². The maximum Gasteiger partial charge on any atom is 0.0681 e. The molecular formula is C32H36N2O. The van der Waals surface area contributed by atoms with Gasteiger partial charge in [0.1, 0.15) is 0 Å². The quantitative estimate of drug-likeness (QED) is 0.425. The SMILES string of the molecule is OCc1ccc(CNc2ccc(Cc3ccc(N4C5CC[C@@H]6C[C@@H]7CCC4[C@@H]7[C@H]56)cc3)cc2)cc1.